The molecule has 0 aliphatic rings. The molecule has 0 unspecified atom stereocenters. The van der Waals surface area contributed by atoms with E-state index in [0.29, 0.717) is 0 Å². The van der Waals surface area contributed by atoms with Gasteiger partial charge in [-0.2, -0.15) is 0 Å². The molecule has 1 aromatic carbocycles. The van der Waals surface area contributed by atoms with Gasteiger partial charge < -0.3 is 10.1 Å². The monoisotopic (exact) mass is 179 g/mol. The first-order valence-electron chi connectivity index (χ1n) is 4.62. The van der Waals surface area contributed by atoms with Crippen molar-refractivity contribution in [1.82, 2.24) is 5.32 Å². The number of rotatable bonds is 4. The standard InChI is InChI=1S/C11H17NO/c1-4-12-8-10-7-11(13-3)6-5-9(10)2/h5-7,12H,4,8H2,1-3H3. The summed E-state index contributed by atoms with van der Waals surface area (Å²) < 4.78 is 5.16. The van der Waals surface area contributed by atoms with Crippen LogP contribution in [0.15, 0.2) is 18.2 Å². The molecule has 0 spiro atoms. The molecule has 0 aliphatic carbocycles. The summed E-state index contributed by atoms with van der Waals surface area (Å²) in [5.41, 5.74) is 2.61. The van der Waals surface area contributed by atoms with Crippen LogP contribution in [0.2, 0.25) is 0 Å². The van der Waals surface area contributed by atoms with Crippen LogP contribution in [0.3, 0.4) is 0 Å². The van der Waals surface area contributed by atoms with Gasteiger partial charge in [0.15, 0.2) is 0 Å². The zero-order valence-electron chi connectivity index (χ0n) is 8.55. The molecule has 2 nitrogen and oxygen atoms in total. The van der Waals surface area contributed by atoms with E-state index >= 15 is 0 Å². The Morgan fingerprint density at radius 3 is 2.77 bits per heavy atom. The van der Waals surface area contributed by atoms with Crippen molar-refractivity contribution in [1.29, 1.82) is 0 Å². The second-order valence-corrected chi connectivity index (χ2v) is 3.07. The van der Waals surface area contributed by atoms with E-state index in [-0.39, 0.29) is 0 Å². The van der Waals surface area contributed by atoms with E-state index in [0.717, 1.165) is 18.8 Å². The van der Waals surface area contributed by atoms with Gasteiger partial charge in [0.25, 0.3) is 0 Å². The van der Waals surface area contributed by atoms with Crippen LogP contribution in [0, 0.1) is 6.92 Å². The minimum absolute atomic E-state index is 0.916. The van der Waals surface area contributed by atoms with Crippen molar-refractivity contribution in [3.63, 3.8) is 0 Å². The third-order valence-electron chi connectivity index (χ3n) is 2.12. The average Bonchev–Trinajstić information content (AvgIpc) is 2.17. The first-order chi connectivity index (χ1) is 6.27. The summed E-state index contributed by atoms with van der Waals surface area (Å²) in [6, 6.07) is 6.16. The van der Waals surface area contributed by atoms with Crippen LogP contribution in [-0.4, -0.2) is 13.7 Å². The molecule has 0 saturated heterocycles. The lowest BCUT2D eigenvalue weighted by Crippen LogP contribution is -2.12. The van der Waals surface area contributed by atoms with Crippen LogP contribution in [-0.2, 0) is 6.54 Å². The Hall–Kier alpha value is -1.02. The number of hydrogen-bond acceptors (Lipinski definition) is 2. The van der Waals surface area contributed by atoms with Gasteiger partial charge in [-0.05, 0) is 36.7 Å². The molecule has 0 atom stereocenters. The van der Waals surface area contributed by atoms with E-state index in [1.807, 2.05) is 6.07 Å². The molecule has 0 saturated carbocycles. The molecular formula is C11H17NO. The SMILES string of the molecule is CCNCc1cc(OC)ccc1C. The van der Waals surface area contributed by atoms with E-state index in [2.05, 4.69) is 31.3 Å². The lowest BCUT2D eigenvalue weighted by atomic mass is 10.1. The second-order valence-electron chi connectivity index (χ2n) is 3.07. The molecular weight excluding hydrogens is 162 g/mol. The molecule has 1 rings (SSSR count). The first-order valence-corrected chi connectivity index (χ1v) is 4.62. The van der Waals surface area contributed by atoms with Gasteiger partial charge in [-0.1, -0.05) is 13.0 Å². The third kappa shape index (κ3) is 2.74. The Balaban J connectivity index is 2.78. The lowest BCUT2D eigenvalue weighted by molar-refractivity contribution is 0.414. The van der Waals surface area contributed by atoms with E-state index in [1.165, 1.54) is 11.1 Å². The number of hydrogen-bond donors (Lipinski definition) is 1. The summed E-state index contributed by atoms with van der Waals surface area (Å²) in [6.45, 7) is 6.14. The van der Waals surface area contributed by atoms with Gasteiger partial charge in [0.2, 0.25) is 0 Å². The van der Waals surface area contributed by atoms with Crippen molar-refractivity contribution in [3.8, 4) is 5.75 Å². The summed E-state index contributed by atoms with van der Waals surface area (Å²) in [7, 11) is 1.70. The Kier molecular flexibility index (Phi) is 3.77. The summed E-state index contributed by atoms with van der Waals surface area (Å²) in [4.78, 5) is 0. The maximum atomic E-state index is 5.16. The average molecular weight is 179 g/mol. The predicted octanol–water partition coefficient (Wildman–Crippen LogP) is 2.11. The fourth-order valence-electron chi connectivity index (χ4n) is 1.22. The lowest BCUT2D eigenvalue weighted by Gasteiger charge is -2.08. The zero-order chi connectivity index (χ0) is 9.68. The molecule has 0 fully saturated rings. The van der Waals surface area contributed by atoms with Crippen molar-refractivity contribution in [2.45, 2.75) is 20.4 Å². The van der Waals surface area contributed by atoms with Crippen molar-refractivity contribution in [2.24, 2.45) is 0 Å². The molecule has 0 heterocycles. The van der Waals surface area contributed by atoms with Crippen LogP contribution in [0.25, 0.3) is 0 Å². The quantitative estimate of drug-likeness (QED) is 0.764. The summed E-state index contributed by atoms with van der Waals surface area (Å²) in [5, 5.41) is 3.30. The van der Waals surface area contributed by atoms with Gasteiger partial charge in [0.1, 0.15) is 5.75 Å². The van der Waals surface area contributed by atoms with Gasteiger partial charge in [0, 0.05) is 6.54 Å². The van der Waals surface area contributed by atoms with Gasteiger partial charge in [-0.25, -0.2) is 0 Å². The molecule has 0 radical (unpaired) electrons. The topological polar surface area (TPSA) is 21.3 Å². The van der Waals surface area contributed by atoms with E-state index < -0.39 is 0 Å². The van der Waals surface area contributed by atoms with Crippen molar-refractivity contribution < 1.29 is 4.74 Å². The molecule has 1 aromatic rings. The smallest absolute Gasteiger partial charge is 0.119 e. The van der Waals surface area contributed by atoms with Crippen LogP contribution in [0.4, 0.5) is 0 Å². The molecule has 0 bridgehead atoms. The van der Waals surface area contributed by atoms with E-state index in [1.54, 1.807) is 7.11 Å². The minimum atomic E-state index is 0.916. The normalized spacial score (nSPS) is 10.1. The van der Waals surface area contributed by atoms with Gasteiger partial charge in [-0.3, -0.25) is 0 Å². The maximum Gasteiger partial charge on any atom is 0.119 e. The van der Waals surface area contributed by atoms with Crippen LogP contribution in [0.5, 0.6) is 5.75 Å². The summed E-state index contributed by atoms with van der Waals surface area (Å²) >= 11 is 0. The largest absolute Gasteiger partial charge is 0.497 e. The third-order valence-corrected chi connectivity index (χ3v) is 2.12. The van der Waals surface area contributed by atoms with E-state index in [4.69, 9.17) is 4.74 Å². The highest BCUT2D eigenvalue weighted by molar-refractivity contribution is 5.34. The number of methoxy groups -OCH3 is 1. The Morgan fingerprint density at radius 1 is 1.38 bits per heavy atom. The van der Waals surface area contributed by atoms with Gasteiger partial charge in [0.05, 0.1) is 7.11 Å². The fraction of sp³-hybridized carbons (Fsp3) is 0.455. The molecule has 1 N–H and O–H groups in total. The highest BCUT2D eigenvalue weighted by atomic mass is 16.5. The van der Waals surface area contributed by atoms with Crippen LogP contribution < -0.4 is 10.1 Å². The zero-order valence-corrected chi connectivity index (χ0v) is 8.55. The molecule has 2 heteroatoms. The number of benzene rings is 1. The minimum Gasteiger partial charge on any atom is -0.497 e. The predicted molar refractivity (Wildman–Crippen MR) is 55.1 cm³/mol. The van der Waals surface area contributed by atoms with Crippen molar-refractivity contribution in [3.05, 3.63) is 29.3 Å². The molecule has 0 aromatic heterocycles. The van der Waals surface area contributed by atoms with Crippen molar-refractivity contribution in [2.75, 3.05) is 13.7 Å². The Labute approximate surface area is 79.9 Å². The van der Waals surface area contributed by atoms with Gasteiger partial charge in [-0.15, -0.1) is 0 Å². The second kappa shape index (κ2) is 4.87. The molecule has 0 amide bonds. The molecule has 13 heavy (non-hydrogen) atoms. The number of ether oxygens (including phenoxy) is 1. The Bertz CT molecular complexity index is 271. The number of nitrogens with one attached hydrogen (secondary N) is 1. The summed E-state index contributed by atoms with van der Waals surface area (Å²) in [6.07, 6.45) is 0. The highest BCUT2D eigenvalue weighted by Gasteiger charge is 1.99. The van der Waals surface area contributed by atoms with Gasteiger partial charge >= 0.3 is 0 Å². The highest BCUT2D eigenvalue weighted by Crippen LogP contribution is 2.16. The summed E-state index contributed by atoms with van der Waals surface area (Å²) in [5.74, 6) is 0.929. The Morgan fingerprint density at radius 2 is 2.15 bits per heavy atom. The maximum absolute atomic E-state index is 5.16. The van der Waals surface area contributed by atoms with Crippen molar-refractivity contribution >= 4 is 0 Å². The first kappa shape index (κ1) is 10.1. The van der Waals surface area contributed by atoms with Crippen LogP contribution in [0.1, 0.15) is 18.1 Å². The van der Waals surface area contributed by atoms with E-state index in [9.17, 15) is 0 Å². The fourth-order valence-corrected chi connectivity index (χ4v) is 1.22. The van der Waals surface area contributed by atoms with Crippen LogP contribution >= 0.6 is 0 Å². The number of aryl methyl sites for hydroxylation is 1. The molecule has 0 aliphatic heterocycles. The molecule has 72 valence electrons.